The Morgan fingerprint density at radius 1 is 1.57 bits per heavy atom. The molecule has 1 unspecified atom stereocenters. The van der Waals surface area contributed by atoms with Crippen molar-refractivity contribution in [2.24, 2.45) is 0 Å². The monoisotopic (exact) mass is 190 g/mol. The van der Waals surface area contributed by atoms with Crippen molar-refractivity contribution < 1.29 is 5.11 Å². The van der Waals surface area contributed by atoms with E-state index in [-0.39, 0.29) is 5.75 Å². The van der Waals surface area contributed by atoms with Crippen molar-refractivity contribution in [3.8, 4) is 11.8 Å². The van der Waals surface area contributed by atoms with E-state index in [9.17, 15) is 5.11 Å². The maximum Gasteiger partial charge on any atom is 0.116 e. The van der Waals surface area contributed by atoms with E-state index in [1.807, 2.05) is 13.8 Å². The first-order chi connectivity index (χ1) is 6.53. The van der Waals surface area contributed by atoms with E-state index in [1.165, 1.54) is 6.07 Å². The number of aromatic hydroxyl groups is 1. The fraction of sp³-hybridized carbons (Fsp3) is 0.364. The number of nitriles is 1. The van der Waals surface area contributed by atoms with E-state index in [0.717, 1.165) is 0 Å². The normalized spacial score (nSPS) is 14.4. The van der Waals surface area contributed by atoms with Gasteiger partial charge in [0.1, 0.15) is 5.75 Å². The first-order valence-corrected chi connectivity index (χ1v) is 4.53. The lowest BCUT2D eigenvalue weighted by Gasteiger charge is -2.21. The molecular formula is C11H14N2O. The van der Waals surface area contributed by atoms with E-state index in [1.54, 1.807) is 12.1 Å². The number of phenols is 1. The van der Waals surface area contributed by atoms with Crippen LogP contribution >= 0.6 is 0 Å². The lowest BCUT2D eigenvalue weighted by molar-refractivity contribution is 0.471. The number of anilines is 1. The molecule has 0 saturated carbocycles. The van der Waals surface area contributed by atoms with Gasteiger partial charge in [-0.05, 0) is 37.1 Å². The molecule has 0 bridgehead atoms. The highest BCUT2D eigenvalue weighted by molar-refractivity contribution is 5.55. The van der Waals surface area contributed by atoms with Crippen LogP contribution in [0.4, 0.5) is 5.69 Å². The van der Waals surface area contributed by atoms with Crippen LogP contribution in [0, 0.1) is 11.3 Å². The number of nitrogen functional groups attached to an aromatic ring is 1. The summed E-state index contributed by atoms with van der Waals surface area (Å²) < 4.78 is 0. The van der Waals surface area contributed by atoms with Gasteiger partial charge >= 0.3 is 0 Å². The first-order valence-electron chi connectivity index (χ1n) is 4.53. The van der Waals surface area contributed by atoms with Gasteiger partial charge in [0.25, 0.3) is 0 Å². The number of hydrogen-bond acceptors (Lipinski definition) is 3. The largest absolute Gasteiger partial charge is 0.508 e. The molecular weight excluding hydrogens is 176 g/mol. The van der Waals surface area contributed by atoms with Crippen LogP contribution in [0.3, 0.4) is 0 Å². The molecule has 0 saturated heterocycles. The fourth-order valence-electron chi connectivity index (χ4n) is 1.35. The first kappa shape index (κ1) is 10.4. The van der Waals surface area contributed by atoms with Crippen LogP contribution in [0.5, 0.6) is 5.75 Å². The number of benzene rings is 1. The molecule has 0 aliphatic rings. The zero-order valence-electron chi connectivity index (χ0n) is 8.41. The third kappa shape index (κ3) is 1.64. The Morgan fingerprint density at radius 2 is 2.21 bits per heavy atom. The van der Waals surface area contributed by atoms with Gasteiger partial charge in [0, 0.05) is 5.69 Å². The predicted molar refractivity (Wildman–Crippen MR) is 55.8 cm³/mol. The van der Waals surface area contributed by atoms with Gasteiger partial charge in [-0.2, -0.15) is 5.26 Å². The minimum atomic E-state index is -0.622. The van der Waals surface area contributed by atoms with Gasteiger partial charge in [-0.3, -0.25) is 0 Å². The molecule has 0 spiro atoms. The molecule has 3 nitrogen and oxygen atoms in total. The van der Waals surface area contributed by atoms with Gasteiger partial charge < -0.3 is 10.8 Å². The van der Waals surface area contributed by atoms with E-state index in [0.29, 0.717) is 17.7 Å². The number of hydrogen-bond donors (Lipinski definition) is 2. The van der Waals surface area contributed by atoms with E-state index in [4.69, 9.17) is 11.0 Å². The zero-order chi connectivity index (χ0) is 10.8. The van der Waals surface area contributed by atoms with Gasteiger partial charge in [0.2, 0.25) is 0 Å². The lowest BCUT2D eigenvalue weighted by Crippen LogP contribution is -2.19. The number of phenolic OH excluding ortho intramolecular Hbond substituents is 1. The van der Waals surface area contributed by atoms with Gasteiger partial charge in [-0.25, -0.2) is 0 Å². The third-order valence-corrected chi connectivity index (χ3v) is 2.59. The second-order valence-electron chi connectivity index (χ2n) is 3.57. The molecule has 1 rings (SSSR count). The Morgan fingerprint density at radius 3 is 2.71 bits per heavy atom. The second kappa shape index (κ2) is 3.59. The molecule has 0 aliphatic carbocycles. The summed E-state index contributed by atoms with van der Waals surface area (Å²) in [5.74, 6) is 0.143. The Hall–Kier alpha value is -1.69. The Bertz CT molecular complexity index is 381. The Balaban J connectivity index is 3.31. The van der Waals surface area contributed by atoms with Crippen molar-refractivity contribution in [3.63, 3.8) is 0 Å². The SMILES string of the molecule is CCC(C)(C#N)c1cc(O)ccc1N. The fourth-order valence-corrected chi connectivity index (χ4v) is 1.35. The van der Waals surface area contributed by atoms with Crippen LogP contribution in [0.2, 0.25) is 0 Å². The Kier molecular flexibility index (Phi) is 2.66. The summed E-state index contributed by atoms with van der Waals surface area (Å²) in [6.07, 6.45) is 0.664. The van der Waals surface area contributed by atoms with Gasteiger partial charge in [0.15, 0.2) is 0 Å². The van der Waals surface area contributed by atoms with Crippen LogP contribution in [0.15, 0.2) is 18.2 Å². The molecule has 0 aliphatic heterocycles. The van der Waals surface area contributed by atoms with Crippen molar-refractivity contribution in [2.75, 3.05) is 5.73 Å². The van der Waals surface area contributed by atoms with Crippen LogP contribution in [-0.2, 0) is 5.41 Å². The topological polar surface area (TPSA) is 70.0 Å². The van der Waals surface area contributed by atoms with Crippen molar-refractivity contribution in [1.29, 1.82) is 5.26 Å². The maximum atomic E-state index is 9.33. The standard InChI is InChI=1S/C11H14N2O/c1-3-11(2,7-12)9-6-8(14)4-5-10(9)13/h4-6,14H,3,13H2,1-2H3. The summed E-state index contributed by atoms with van der Waals surface area (Å²) in [7, 11) is 0. The molecule has 1 aromatic carbocycles. The maximum absolute atomic E-state index is 9.33. The molecule has 0 amide bonds. The summed E-state index contributed by atoms with van der Waals surface area (Å²) in [6.45, 7) is 3.74. The molecule has 3 heteroatoms. The number of nitrogens with zero attached hydrogens (tertiary/aromatic N) is 1. The van der Waals surface area contributed by atoms with Gasteiger partial charge in [0.05, 0.1) is 11.5 Å². The summed E-state index contributed by atoms with van der Waals surface area (Å²) in [6, 6.07) is 6.92. The average molecular weight is 190 g/mol. The summed E-state index contributed by atoms with van der Waals surface area (Å²) >= 11 is 0. The molecule has 0 fully saturated rings. The molecule has 74 valence electrons. The highest BCUT2D eigenvalue weighted by Crippen LogP contribution is 2.33. The van der Waals surface area contributed by atoms with Crippen LogP contribution in [0.1, 0.15) is 25.8 Å². The van der Waals surface area contributed by atoms with E-state index < -0.39 is 5.41 Å². The summed E-state index contributed by atoms with van der Waals surface area (Å²) in [4.78, 5) is 0. The van der Waals surface area contributed by atoms with E-state index >= 15 is 0 Å². The quantitative estimate of drug-likeness (QED) is 0.554. The van der Waals surface area contributed by atoms with Gasteiger partial charge in [-0.1, -0.05) is 6.92 Å². The second-order valence-corrected chi connectivity index (χ2v) is 3.57. The molecule has 0 heterocycles. The van der Waals surface area contributed by atoms with Crippen molar-refractivity contribution in [2.45, 2.75) is 25.7 Å². The minimum Gasteiger partial charge on any atom is -0.508 e. The molecule has 14 heavy (non-hydrogen) atoms. The van der Waals surface area contributed by atoms with Crippen molar-refractivity contribution in [1.82, 2.24) is 0 Å². The number of nitrogens with two attached hydrogens (primary N) is 1. The van der Waals surface area contributed by atoms with Crippen molar-refractivity contribution in [3.05, 3.63) is 23.8 Å². The molecule has 3 N–H and O–H groups in total. The van der Waals surface area contributed by atoms with Gasteiger partial charge in [-0.15, -0.1) is 0 Å². The zero-order valence-corrected chi connectivity index (χ0v) is 8.41. The molecule has 0 radical (unpaired) electrons. The predicted octanol–water partition coefficient (Wildman–Crippen LogP) is 2.17. The van der Waals surface area contributed by atoms with Crippen molar-refractivity contribution >= 4 is 5.69 Å². The minimum absolute atomic E-state index is 0.143. The smallest absolute Gasteiger partial charge is 0.116 e. The number of rotatable bonds is 2. The Labute approximate surface area is 83.8 Å². The summed E-state index contributed by atoms with van der Waals surface area (Å²) in [5, 5.41) is 18.4. The lowest BCUT2D eigenvalue weighted by atomic mass is 9.80. The van der Waals surface area contributed by atoms with Crippen LogP contribution in [0.25, 0.3) is 0 Å². The van der Waals surface area contributed by atoms with E-state index in [2.05, 4.69) is 6.07 Å². The molecule has 1 atom stereocenters. The third-order valence-electron chi connectivity index (χ3n) is 2.59. The van der Waals surface area contributed by atoms with Crippen LogP contribution in [-0.4, -0.2) is 5.11 Å². The summed E-state index contributed by atoms with van der Waals surface area (Å²) in [5.41, 5.74) is 6.39. The highest BCUT2D eigenvalue weighted by atomic mass is 16.3. The molecule has 0 aromatic heterocycles. The molecule has 1 aromatic rings. The van der Waals surface area contributed by atoms with Crippen LogP contribution < -0.4 is 5.73 Å². The average Bonchev–Trinajstić information content (AvgIpc) is 2.20. The highest BCUT2D eigenvalue weighted by Gasteiger charge is 2.26.